The molecule has 0 aliphatic rings. The molecular formula is C17H14BrClO3. The van der Waals surface area contributed by atoms with Gasteiger partial charge in [0.25, 0.3) is 0 Å². The molecule has 0 radical (unpaired) electrons. The molecule has 0 amide bonds. The molecule has 5 heteroatoms. The summed E-state index contributed by atoms with van der Waals surface area (Å²) in [5, 5.41) is 0.360. The normalized spacial score (nSPS) is 11.6. The Kier molecular flexibility index (Phi) is 5.63. The molecule has 0 bridgehead atoms. The summed E-state index contributed by atoms with van der Waals surface area (Å²) in [5.41, 5.74) is 1.85. The second-order valence-corrected chi connectivity index (χ2v) is 5.72. The number of ether oxygens (including phenoxy) is 2. The highest BCUT2D eigenvalue weighted by Crippen LogP contribution is 2.35. The van der Waals surface area contributed by atoms with Crippen molar-refractivity contribution in [2.45, 2.75) is 0 Å². The highest BCUT2D eigenvalue weighted by Gasteiger charge is 2.12. The van der Waals surface area contributed by atoms with Crippen molar-refractivity contribution in [3.05, 3.63) is 58.1 Å². The van der Waals surface area contributed by atoms with E-state index < -0.39 is 0 Å². The van der Waals surface area contributed by atoms with Gasteiger partial charge in [0.1, 0.15) is 0 Å². The number of methoxy groups -OCH3 is 2. The fourth-order valence-electron chi connectivity index (χ4n) is 2.00. The van der Waals surface area contributed by atoms with Crippen molar-refractivity contribution < 1.29 is 14.3 Å². The molecule has 0 atom stereocenters. The maximum absolute atomic E-state index is 11.5. The number of hydrogen-bond acceptors (Lipinski definition) is 3. The molecule has 0 saturated carbocycles. The summed E-state index contributed by atoms with van der Waals surface area (Å²) in [5.74, 6) is 1.16. The number of allylic oxidation sites excluding steroid dienone is 1. The first kappa shape index (κ1) is 16.6. The quantitative estimate of drug-likeness (QED) is 0.425. The largest absolute Gasteiger partial charge is 0.493 e. The van der Waals surface area contributed by atoms with Gasteiger partial charge in [-0.1, -0.05) is 39.7 Å². The molecule has 0 aliphatic carbocycles. The van der Waals surface area contributed by atoms with E-state index >= 15 is 0 Å². The van der Waals surface area contributed by atoms with Gasteiger partial charge in [-0.05, 0) is 41.5 Å². The Bertz CT molecular complexity index is 708. The number of aldehydes is 1. The summed E-state index contributed by atoms with van der Waals surface area (Å²) in [6, 6.07) is 12.7. The van der Waals surface area contributed by atoms with Gasteiger partial charge in [0.05, 0.1) is 19.3 Å². The minimum Gasteiger partial charge on any atom is -0.493 e. The Balaban J connectivity index is 2.52. The predicted octanol–water partition coefficient (Wildman–Crippen LogP) is 4.77. The molecule has 3 nitrogen and oxygen atoms in total. The van der Waals surface area contributed by atoms with E-state index in [1.54, 1.807) is 32.4 Å². The second kappa shape index (κ2) is 7.47. The lowest BCUT2D eigenvalue weighted by atomic mass is 10.0. The van der Waals surface area contributed by atoms with Crippen molar-refractivity contribution in [1.29, 1.82) is 0 Å². The molecule has 0 aliphatic heterocycles. The first-order valence-electron chi connectivity index (χ1n) is 6.44. The third kappa shape index (κ3) is 3.51. The van der Waals surface area contributed by atoms with Crippen molar-refractivity contribution in [2.24, 2.45) is 0 Å². The maximum Gasteiger partial charge on any atom is 0.161 e. The van der Waals surface area contributed by atoms with Crippen LogP contribution >= 0.6 is 27.5 Å². The highest BCUT2D eigenvalue weighted by molar-refractivity contribution is 9.10. The van der Waals surface area contributed by atoms with Gasteiger partial charge in [0.15, 0.2) is 17.8 Å². The molecule has 0 spiro atoms. The molecule has 0 N–H and O–H groups in total. The Morgan fingerprint density at radius 2 is 1.59 bits per heavy atom. The van der Waals surface area contributed by atoms with Crippen molar-refractivity contribution in [2.75, 3.05) is 14.2 Å². The van der Waals surface area contributed by atoms with Crippen molar-refractivity contribution in [3.63, 3.8) is 0 Å². The SMILES string of the molecule is COc1ccc(/C(Cl)=C(\C=O)c2ccc(Br)cc2)cc1OC. The van der Waals surface area contributed by atoms with Crippen LogP contribution in [0.3, 0.4) is 0 Å². The second-order valence-electron chi connectivity index (χ2n) is 4.42. The Morgan fingerprint density at radius 1 is 1.00 bits per heavy atom. The molecule has 2 aromatic carbocycles. The number of rotatable bonds is 5. The van der Waals surface area contributed by atoms with Crippen LogP contribution in [-0.2, 0) is 4.79 Å². The summed E-state index contributed by atoms with van der Waals surface area (Å²) in [4.78, 5) is 11.5. The van der Waals surface area contributed by atoms with Crippen molar-refractivity contribution in [1.82, 2.24) is 0 Å². The average Bonchev–Trinajstić information content (AvgIpc) is 2.56. The Labute approximate surface area is 142 Å². The Hall–Kier alpha value is -1.78. The van der Waals surface area contributed by atoms with E-state index in [1.165, 1.54) is 0 Å². The van der Waals surface area contributed by atoms with Crippen LogP contribution in [0.1, 0.15) is 11.1 Å². The molecule has 0 unspecified atom stereocenters. The molecule has 0 saturated heterocycles. The standard InChI is InChI=1S/C17H14BrClO3/c1-21-15-8-5-12(9-16(15)22-2)17(19)14(10-20)11-3-6-13(18)7-4-11/h3-10H,1-2H3/b17-14-. The van der Waals surface area contributed by atoms with Crippen LogP contribution in [0.4, 0.5) is 0 Å². The summed E-state index contributed by atoms with van der Waals surface area (Å²) >= 11 is 9.78. The van der Waals surface area contributed by atoms with Crippen molar-refractivity contribution in [3.8, 4) is 11.5 Å². The van der Waals surface area contributed by atoms with Gasteiger partial charge in [-0.15, -0.1) is 0 Å². The van der Waals surface area contributed by atoms with Gasteiger partial charge in [0, 0.05) is 10.0 Å². The van der Waals surface area contributed by atoms with E-state index in [4.69, 9.17) is 21.1 Å². The highest BCUT2D eigenvalue weighted by atomic mass is 79.9. The van der Waals surface area contributed by atoms with Crippen LogP contribution in [0.5, 0.6) is 11.5 Å². The van der Waals surface area contributed by atoms with Gasteiger partial charge in [-0.3, -0.25) is 4.79 Å². The zero-order chi connectivity index (χ0) is 16.1. The summed E-state index contributed by atoms with van der Waals surface area (Å²) in [6.45, 7) is 0. The summed E-state index contributed by atoms with van der Waals surface area (Å²) in [7, 11) is 3.11. The lowest BCUT2D eigenvalue weighted by Gasteiger charge is -2.11. The van der Waals surface area contributed by atoms with Gasteiger partial charge in [0.2, 0.25) is 0 Å². The zero-order valence-corrected chi connectivity index (χ0v) is 14.4. The lowest BCUT2D eigenvalue weighted by molar-refractivity contribution is -0.103. The van der Waals surface area contributed by atoms with Crippen LogP contribution < -0.4 is 9.47 Å². The van der Waals surface area contributed by atoms with Gasteiger partial charge in [-0.2, -0.15) is 0 Å². The number of carbonyl (C=O) groups excluding carboxylic acids is 1. The third-order valence-corrected chi connectivity index (χ3v) is 4.10. The fourth-order valence-corrected chi connectivity index (χ4v) is 2.54. The molecule has 0 fully saturated rings. The Morgan fingerprint density at radius 3 is 2.14 bits per heavy atom. The molecule has 22 heavy (non-hydrogen) atoms. The van der Waals surface area contributed by atoms with Gasteiger partial charge in [-0.25, -0.2) is 0 Å². The average molecular weight is 382 g/mol. The number of benzene rings is 2. The van der Waals surface area contributed by atoms with Gasteiger partial charge < -0.3 is 9.47 Å². The summed E-state index contributed by atoms with van der Waals surface area (Å²) in [6.07, 6.45) is 0.752. The molecule has 0 heterocycles. The smallest absolute Gasteiger partial charge is 0.161 e. The number of halogens is 2. The van der Waals surface area contributed by atoms with E-state index in [2.05, 4.69) is 15.9 Å². The van der Waals surface area contributed by atoms with Crippen LogP contribution in [0.25, 0.3) is 10.6 Å². The molecule has 2 rings (SSSR count). The topological polar surface area (TPSA) is 35.5 Å². The van der Waals surface area contributed by atoms with E-state index in [0.29, 0.717) is 27.7 Å². The van der Waals surface area contributed by atoms with E-state index in [9.17, 15) is 4.79 Å². The maximum atomic E-state index is 11.5. The number of carbonyl (C=O) groups is 1. The van der Waals surface area contributed by atoms with Crippen molar-refractivity contribution >= 4 is 44.4 Å². The van der Waals surface area contributed by atoms with Crippen LogP contribution in [0.2, 0.25) is 0 Å². The lowest BCUT2D eigenvalue weighted by Crippen LogP contribution is -1.93. The van der Waals surface area contributed by atoms with E-state index in [-0.39, 0.29) is 0 Å². The van der Waals surface area contributed by atoms with E-state index in [1.807, 2.05) is 24.3 Å². The fraction of sp³-hybridized carbons (Fsp3) is 0.118. The molecule has 0 aromatic heterocycles. The van der Waals surface area contributed by atoms with E-state index in [0.717, 1.165) is 16.3 Å². The van der Waals surface area contributed by atoms with Crippen LogP contribution in [-0.4, -0.2) is 20.5 Å². The third-order valence-electron chi connectivity index (χ3n) is 3.15. The first-order chi connectivity index (χ1) is 10.6. The van der Waals surface area contributed by atoms with Crippen LogP contribution in [0.15, 0.2) is 46.9 Å². The molecule has 114 valence electrons. The molecular weight excluding hydrogens is 368 g/mol. The van der Waals surface area contributed by atoms with Crippen LogP contribution in [0, 0.1) is 0 Å². The molecule has 2 aromatic rings. The van der Waals surface area contributed by atoms with Gasteiger partial charge >= 0.3 is 0 Å². The number of hydrogen-bond donors (Lipinski definition) is 0. The zero-order valence-electron chi connectivity index (χ0n) is 12.1. The summed E-state index contributed by atoms with van der Waals surface area (Å²) < 4.78 is 11.4. The predicted molar refractivity (Wildman–Crippen MR) is 92.4 cm³/mol. The minimum absolute atomic E-state index is 0.360. The monoisotopic (exact) mass is 380 g/mol. The first-order valence-corrected chi connectivity index (χ1v) is 7.61. The minimum atomic E-state index is 0.360.